The first kappa shape index (κ1) is 14.1. The standard InChI is InChI=1S/C15H16N2O3/c1-9(2)15(3,8-16)17-13(18)10-6-5-7-11(20-4)12(10)14(17)19/h5-7,9H,1-4H3. The Kier molecular flexibility index (Phi) is 3.26. The first-order valence-corrected chi connectivity index (χ1v) is 6.35. The number of carbonyl (C=O) groups is 2. The lowest BCUT2D eigenvalue weighted by Gasteiger charge is -2.34. The van der Waals surface area contributed by atoms with E-state index in [1.807, 2.05) is 13.8 Å². The molecule has 1 atom stereocenters. The minimum atomic E-state index is -1.18. The Morgan fingerprint density at radius 2 is 1.95 bits per heavy atom. The van der Waals surface area contributed by atoms with Gasteiger partial charge in [-0.1, -0.05) is 19.9 Å². The molecule has 0 aliphatic carbocycles. The topological polar surface area (TPSA) is 70.4 Å². The van der Waals surface area contributed by atoms with Crippen molar-refractivity contribution < 1.29 is 14.3 Å². The van der Waals surface area contributed by atoms with Crippen molar-refractivity contribution in [3.63, 3.8) is 0 Å². The van der Waals surface area contributed by atoms with Crippen LogP contribution in [0.5, 0.6) is 5.75 Å². The number of methoxy groups -OCH3 is 1. The number of rotatable bonds is 3. The number of imide groups is 1. The maximum Gasteiger partial charge on any atom is 0.266 e. The molecule has 20 heavy (non-hydrogen) atoms. The highest BCUT2D eigenvalue weighted by molar-refractivity contribution is 6.23. The van der Waals surface area contributed by atoms with E-state index in [1.165, 1.54) is 7.11 Å². The van der Waals surface area contributed by atoms with Gasteiger partial charge < -0.3 is 4.74 Å². The number of nitrogens with zero attached hydrogens (tertiary/aromatic N) is 2. The summed E-state index contributed by atoms with van der Waals surface area (Å²) < 4.78 is 5.15. The summed E-state index contributed by atoms with van der Waals surface area (Å²) in [5.41, 5.74) is -0.656. The third kappa shape index (κ3) is 1.68. The molecule has 2 rings (SSSR count). The fourth-order valence-electron chi connectivity index (χ4n) is 2.28. The van der Waals surface area contributed by atoms with Crippen molar-refractivity contribution in [1.29, 1.82) is 5.26 Å². The van der Waals surface area contributed by atoms with Crippen LogP contribution in [0.15, 0.2) is 18.2 Å². The number of amides is 2. The molecular formula is C15H16N2O3. The molecular weight excluding hydrogens is 256 g/mol. The van der Waals surface area contributed by atoms with Crippen LogP contribution in [0, 0.1) is 17.2 Å². The van der Waals surface area contributed by atoms with Crippen LogP contribution in [0.1, 0.15) is 41.5 Å². The lowest BCUT2D eigenvalue weighted by Crippen LogP contribution is -2.52. The number of hydrogen-bond donors (Lipinski definition) is 0. The predicted octanol–water partition coefficient (Wildman–Crippen LogP) is 2.23. The summed E-state index contributed by atoms with van der Waals surface area (Å²) in [5.74, 6) is -0.741. The highest BCUT2D eigenvalue weighted by atomic mass is 16.5. The third-order valence-corrected chi connectivity index (χ3v) is 3.91. The van der Waals surface area contributed by atoms with E-state index in [0.717, 1.165) is 4.90 Å². The van der Waals surface area contributed by atoms with E-state index in [-0.39, 0.29) is 17.0 Å². The van der Waals surface area contributed by atoms with Gasteiger partial charge in [0.1, 0.15) is 11.3 Å². The number of ether oxygens (including phenoxy) is 1. The highest BCUT2D eigenvalue weighted by Gasteiger charge is 2.49. The largest absolute Gasteiger partial charge is 0.496 e. The van der Waals surface area contributed by atoms with Crippen molar-refractivity contribution in [2.45, 2.75) is 26.3 Å². The van der Waals surface area contributed by atoms with Crippen molar-refractivity contribution in [3.8, 4) is 11.8 Å². The number of fused-ring (bicyclic) bond motifs is 1. The van der Waals surface area contributed by atoms with Gasteiger partial charge in [-0.05, 0) is 25.0 Å². The predicted molar refractivity (Wildman–Crippen MR) is 72.4 cm³/mol. The van der Waals surface area contributed by atoms with Crippen molar-refractivity contribution in [2.75, 3.05) is 7.11 Å². The molecule has 0 saturated heterocycles. The van der Waals surface area contributed by atoms with Crippen molar-refractivity contribution in [3.05, 3.63) is 29.3 Å². The van der Waals surface area contributed by atoms with Gasteiger partial charge in [-0.3, -0.25) is 14.5 Å². The summed E-state index contributed by atoms with van der Waals surface area (Å²) in [6, 6.07) is 6.97. The van der Waals surface area contributed by atoms with Crippen LogP contribution < -0.4 is 4.74 Å². The third-order valence-electron chi connectivity index (χ3n) is 3.91. The smallest absolute Gasteiger partial charge is 0.266 e. The number of carbonyl (C=O) groups excluding carboxylic acids is 2. The molecule has 1 aliphatic heterocycles. The Bertz CT molecular complexity index is 630. The second kappa shape index (κ2) is 4.64. The van der Waals surface area contributed by atoms with Gasteiger partial charge in [0.05, 0.1) is 24.3 Å². The van der Waals surface area contributed by atoms with E-state index in [1.54, 1.807) is 25.1 Å². The summed E-state index contributed by atoms with van der Waals surface area (Å²) >= 11 is 0. The summed E-state index contributed by atoms with van der Waals surface area (Å²) in [6.07, 6.45) is 0. The summed E-state index contributed by atoms with van der Waals surface area (Å²) in [7, 11) is 1.45. The zero-order chi connectivity index (χ0) is 15.1. The van der Waals surface area contributed by atoms with E-state index in [2.05, 4.69) is 6.07 Å². The molecule has 0 bridgehead atoms. The van der Waals surface area contributed by atoms with Gasteiger partial charge in [0.2, 0.25) is 0 Å². The maximum absolute atomic E-state index is 12.6. The zero-order valence-corrected chi connectivity index (χ0v) is 11.9. The van der Waals surface area contributed by atoms with Gasteiger partial charge in [-0.2, -0.15) is 5.26 Å². The minimum absolute atomic E-state index is 0.180. The van der Waals surface area contributed by atoms with Crippen LogP contribution in [-0.2, 0) is 0 Å². The van der Waals surface area contributed by atoms with Gasteiger partial charge >= 0.3 is 0 Å². The molecule has 1 aliphatic rings. The molecule has 5 heteroatoms. The van der Waals surface area contributed by atoms with Crippen molar-refractivity contribution >= 4 is 11.8 Å². The SMILES string of the molecule is COc1cccc2c1C(=O)N(C(C)(C#N)C(C)C)C2=O. The first-order chi connectivity index (χ1) is 9.38. The Balaban J connectivity index is 2.62. The zero-order valence-electron chi connectivity index (χ0n) is 11.9. The van der Waals surface area contributed by atoms with Gasteiger partial charge in [0.15, 0.2) is 0 Å². The van der Waals surface area contributed by atoms with Crippen LogP contribution in [0.3, 0.4) is 0 Å². The van der Waals surface area contributed by atoms with E-state index < -0.39 is 17.4 Å². The Morgan fingerprint density at radius 1 is 1.30 bits per heavy atom. The molecule has 0 saturated carbocycles. The minimum Gasteiger partial charge on any atom is -0.496 e. The van der Waals surface area contributed by atoms with Gasteiger partial charge in [-0.15, -0.1) is 0 Å². The molecule has 1 heterocycles. The maximum atomic E-state index is 12.6. The van der Waals surface area contributed by atoms with Crippen LogP contribution >= 0.6 is 0 Å². The van der Waals surface area contributed by atoms with E-state index in [4.69, 9.17) is 4.74 Å². The molecule has 104 valence electrons. The number of nitriles is 1. The van der Waals surface area contributed by atoms with Crippen molar-refractivity contribution in [2.24, 2.45) is 5.92 Å². The van der Waals surface area contributed by atoms with E-state index in [9.17, 15) is 14.9 Å². The molecule has 1 aromatic rings. The molecule has 0 spiro atoms. The second-order valence-corrected chi connectivity index (χ2v) is 5.24. The van der Waals surface area contributed by atoms with Crippen LogP contribution in [-0.4, -0.2) is 29.4 Å². The first-order valence-electron chi connectivity index (χ1n) is 6.35. The van der Waals surface area contributed by atoms with E-state index >= 15 is 0 Å². The van der Waals surface area contributed by atoms with Crippen LogP contribution in [0.4, 0.5) is 0 Å². The number of hydrogen-bond acceptors (Lipinski definition) is 4. The molecule has 1 unspecified atom stereocenters. The summed E-state index contributed by atoms with van der Waals surface area (Å²) in [5, 5.41) is 9.43. The normalized spacial score (nSPS) is 16.9. The Hall–Kier alpha value is -2.35. The molecule has 0 aromatic heterocycles. The Labute approximate surface area is 117 Å². The quantitative estimate of drug-likeness (QED) is 0.791. The highest BCUT2D eigenvalue weighted by Crippen LogP contribution is 2.37. The Morgan fingerprint density at radius 3 is 2.45 bits per heavy atom. The molecule has 0 N–H and O–H groups in total. The second-order valence-electron chi connectivity index (χ2n) is 5.24. The molecule has 5 nitrogen and oxygen atoms in total. The van der Waals surface area contributed by atoms with Gasteiger partial charge in [-0.25, -0.2) is 0 Å². The van der Waals surface area contributed by atoms with Gasteiger partial charge in [0, 0.05) is 0 Å². The fourth-order valence-corrected chi connectivity index (χ4v) is 2.28. The van der Waals surface area contributed by atoms with Crippen LogP contribution in [0.25, 0.3) is 0 Å². The lowest BCUT2D eigenvalue weighted by molar-refractivity contribution is 0.0465. The average Bonchev–Trinajstić information content (AvgIpc) is 2.70. The number of benzene rings is 1. The van der Waals surface area contributed by atoms with Gasteiger partial charge in [0.25, 0.3) is 11.8 Å². The fraction of sp³-hybridized carbons (Fsp3) is 0.400. The molecule has 0 radical (unpaired) electrons. The summed E-state index contributed by atoms with van der Waals surface area (Å²) in [4.78, 5) is 26.1. The molecule has 1 aromatic carbocycles. The van der Waals surface area contributed by atoms with Crippen LogP contribution in [0.2, 0.25) is 0 Å². The lowest BCUT2D eigenvalue weighted by atomic mass is 9.88. The average molecular weight is 272 g/mol. The van der Waals surface area contributed by atoms with E-state index in [0.29, 0.717) is 5.75 Å². The molecule has 0 fully saturated rings. The van der Waals surface area contributed by atoms with Crippen molar-refractivity contribution in [1.82, 2.24) is 4.90 Å². The summed E-state index contributed by atoms with van der Waals surface area (Å²) in [6.45, 7) is 5.22. The monoisotopic (exact) mass is 272 g/mol. The molecule has 2 amide bonds.